The molecule has 6 nitrogen and oxygen atoms in total. The summed E-state index contributed by atoms with van der Waals surface area (Å²) in [6.07, 6.45) is 1.58. The van der Waals surface area contributed by atoms with Crippen molar-refractivity contribution in [1.82, 2.24) is 10.6 Å². The number of nitrogens with one attached hydrogen (secondary N) is 2. The van der Waals surface area contributed by atoms with Crippen LogP contribution in [0.4, 0.5) is 0 Å². The Bertz CT molecular complexity index is 578. The number of hydrogen-bond acceptors (Lipinski definition) is 5. The third kappa shape index (κ3) is 2.61. The molecule has 3 N–H and O–H groups in total. The first kappa shape index (κ1) is 14.3. The van der Waals surface area contributed by atoms with Crippen molar-refractivity contribution in [3.63, 3.8) is 0 Å². The summed E-state index contributed by atoms with van der Waals surface area (Å²) < 4.78 is 5.60. The largest absolute Gasteiger partial charge is 0.455 e. The fraction of sp³-hybridized carbons (Fsp3) is 0.600. The Balaban J connectivity index is 1.72. The van der Waals surface area contributed by atoms with Gasteiger partial charge in [0.05, 0.1) is 11.7 Å². The van der Waals surface area contributed by atoms with E-state index in [2.05, 4.69) is 10.6 Å². The van der Waals surface area contributed by atoms with Gasteiger partial charge in [-0.1, -0.05) is 0 Å². The SMILES string of the molecule is Cc1c(C(=O)NCC2CNCC2O)oc2c1C(=O)CCC2. The van der Waals surface area contributed by atoms with E-state index >= 15 is 0 Å². The van der Waals surface area contributed by atoms with Crippen LogP contribution >= 0.6 is 0 Å². The van der Waals surface area contributed by atoms with Crippen LogP contribution < -0.4 is 10.6 Å². The standard InChI is InChI=1S/C15H20N2O4/c1-8-13-10(18)3-2-4-12(13)21-14(8)15(20)17-6-9-5-16-7-11(9)19/h9,11,16,19H,2-7H2,1H3,(H,17,20). The smallest absolute Gasteiger partial charge is 0.287 e. The highest BCUT2D eigenvalue weighted by molar-refractivity contribution is 6.03. The van der Waals surface area contributed by atoms with Crippen LogP contribution in [0.2, 0.25) is 0 Å². The van der Waals surface area contributed by atoms with Crippen molar-refractivity contribution >= 4 is 11.7 Å². The van der Waals surface area contributed by atoms with E-state index in [1.165, 1.54) is 0 Å². The summed E-state index contributed by atoms with van der Waals surface area (Å²) in [5.74, 6) is 0.633. The Kier molecular flexibility index (Phi) is 3.82. The van der Waals surface area contributed by atoms with Crippen molar-refractivity contribution in [2.45, 2.75) is 32.3 Å². The van der Waals surface area contributed by atoms with Gasteiger partial charge in [0.2, 0.25) is 0 Å². The zero-order valence-corrected chi connectivity index (χ0v) is 12.1. The number of carbonyl (C=O) groups excluding carboxylic acids is 2. The molecule has 114 valence electrons. The zero-order chi connectivity index (χ0) is 15.0. The quantitative estimate of drug-likeness (QED) is 0.751. The number of furan rings is 1. The highest BCUT2D eigenvalue weighted by Gasteiger charge is 2.30. The molecule has 3 rings (SSSR count). The predicted molar refractivity (Wildman–Crippen MR) is 75.4 cm³/mol. The molecule has 1 saturated heterocycles. The minimum absolute atomic E-state index is 0.0143. The maximum Gasteiger partial charge on any atom is 0.287 e. The normalized spacial score (nSPS) is 25.0. The van der Waals surface area contributed by atoms with Crippen molar-refractivity contribution in [1.29, 1.82) is 0 Å². The summed E-state index contributed by atoms with van der Waals surface area (Å²) in [5.41, 5.74) is 1.23. The lowest BCUT2D eigenvalue weighted by molar-refractivity contribution is 0.0894. The topological polar surface area (TPSA) is 91.6 Å². The van der Waals surface area contributed by atoms with Gasteiger partial charge in [-0.15, -0.1) is 0 Å². The highest BCUT2D eigenvalue weighted by Crippen LogP contribution is 2.29. The van der Waals surface area contributed by atoms with E-state index in [-0.39, 0.29) is 23.4 Å². The number of aliphatic hydroxyl groups excluding tert-OH is 1. The van der Waals surface area contributed by atoms with Crippen LogP contribution in [0, 0.1) is 12.8 Å². The van der Waals surface area contributed by atoms with Gasteiger partial charge >= 0.3 is 0 Å². The van der Waals surface area contributed by atoms with Crippen molar-refractivity contribution in [3.05, 3.63) is 22.6 Å². The van der Waals surface area contributed by atoms with Gasteiger partial charge in [-0.25, -0.2) is 0 Å². The van der Waals surface area contributed by atoms with Gasteiger partial charge in [-0.3, -0.25) is 9.59 Å². The first-order valence-electron chi connectivity index (χ1n) is 7.40. The summed E-state index contributed by atoms with van der Waals surface area (Å²) in [4.78, 5) is 24.2. The van der Waals surface area contributed by atoms with E-state index in [1.807, 2.05) is 0 Å². The molecule has 6 heteroatoms. The fourth-order valence-electron chi connectivity index (χ4n) is 3.10. The van der Waals surface area contributed by atoms with Gasteiger partial charge in [0.15, 0.2) is 11.5 Å². The monoisotopic (exact) mass is 292 g/mol. The van der Waals surface area contributed by atoms with Crippen LogP contribution in [0.5, 0.6) is 0 Å². The molecular formula is C15H20N2O4. The number of aliphatic hydroxyl groups is 1. The van der Waals surface area contributed by atoms with E-state index in [0.29, 0.717) is 49.4 Å². The van der Waals surface area contributed by atoms with Gasteiger partial charge in [-0.2, -0.15) is 0 Å². The Labute approximate surface area is 122 Å². The van der Waals surface area contributed by atoms with E-state index in [9.17, 15) is 14.7 Å². The number of carbonyl (C=O) groups is 2. The van der Waals surface area contributed by atoms with Crippen molar-refractivity contribution < 1.29 is 19.1 Å². The summed E-state index contributed by atoms with van der Waals surface area (Å²) >= 11 is 0. The molecule has 1 aliphatic heterocycles. The Morgan fingerprint density at radius 1 is 1.43 bits per heavy atom. The molecule has 2 aliphatic rings. The van der Waals surface area contributed by atoms with E-state index in [0.717, 1.165) is 6.42 Å². The Morgan fingerprint density at radius 3 is 2.90 bits per heavy atom. The van der Waals surface area contributed by atoms with Gasteiger partial charge in [-0.05, 0) is 13.3 Å². The third-order valence-corrected chi connectivity index (χ3v) is 4.34. The molecule has 2 atom stereocenters. The average molecular weight is 292 g/mol. The van der Waals surface area contributed by atoms with Gasteiger partial charge < -0.3 is 20.2 Å². The number of aryl methyl sites for hydroxylation is 1. The molecule has 1 fully saturated rings. The van der Waals surface area contributed by atoms with Crippen LogP contribution in [-0.2, 0) is 6.42 Å². The minimum atomic E-state index is -0.433. The molecule has 0 aromatic carbocycles. The lowest BCUT2D eigenvalue weighted by atomic mass is 9.94. The number of fused-ring (bicyclic) bond motifs is 1. The first-order valence-corrected chi connectivity index (χ1v) is 7.40. The molecule has 0 saturated carbocycles. The summed E-state index contributed by atoms with van der Waals surface area (Å²) in [6.45, 7) is 3.40. The van der Waals surface area contributed by atoms with Crippen molar-refractivity contribution in [3.8, 4) is 0 Å². The number of hydrogen-bond donors (Lipinski definition) is 3. The molecule has 0 radical (unpaired) electrons. The highest BCUT2D eigenvalue weighted by atomic mass is 16.4. The van der Waals surface area contributed by atoms with Crippen molar-refractivity contribution in [2.75, 3.05) is 19.6 Å². The number of rotatable bonds is 3. The summed E-state index contributed by atoms with van der Waals surface area (Å²) in [6, 6.07) is 0. The number of ketones is 1. The molecule has 21 heavy (non-hydrogen) atoms. The fourth-order valence-corrected chi connectivity index (χ4v) is 3.10. The zero-order valence-electron chi connectivity index (χ0n) is 12.1. The van der Waals surface area contributed by atoms with Gasteiger partial charge in [0.25, 0.3) is 5.91 Å². The summed E-state index contributed by atoms with van der Waals surface area (Å²) in [5, 5.41) is 15.6. The van der Waals surface area contributed by atoms with Crippen LogP contribution in [-0.4, -0.2) is 42.5 Å². The minimum Gasteiger partial charge on any atom is -0.455 e. The molecular weight excluding hydrogens is 272 g/mol. The maximum atomic E-state index is 12.2. The van der Waals surface area contributed by atoms with E-state index in [4.69, 9.17) is 4.42 Å². The second kappa shape index (κ2) is 5.61. The molecule has 2 unspecified atom stereocenters. The second-order valence-electron chi connectivity index (χ2n) is 5.83. The van der Waals surface area contributed by atoms with Gasteiger partial charge in [0.1, 0.15) is 5.76 Å². The Hall–Kier alpha value is -1.66. The molecule has 0 bridgehead atoms. The number of β-amino-alcohol motifs (C(OH)–C–C–N with tert-alkyl or cyclic N) is 1. The summed E-state index contributed by atoms with van der Waals surface area (Å²) in [7, 11) is 0. The third-order valence-electron chi connectivity index (χ3n) is 4.34. The van der Waals surface area contributed by atoms with Gasteiger partial charge in [0, 0.05) is 44.0 Å². The molecule has 1 aromatic heterocycles. The molecule has 1 aromatic rings. The number of Topliss-reactive ketones (excluding diaryl/α,β-unsaturated/α-hetero) is 1. The first-order chi connectivity index (χ1) is 10.1. The van der Waals surface area contributed by atoms with Crippen LogP contribution in [0.15, 0.2) is 4.42 Å². The van der Waals surface area contributed by atoms with E-state index in [1.54, 1.807) is 6.92 Å². The second-order valence-corrected chi connectivity index (χ2v) is 5.83. The predicted octanol–water partition coefficient (Wildman–Crippen LogP) is 0.417. The maximum absolute atomic E-state index is 12.2. The molecule has 0 spiro atoms. The molecule has 1 amide bonds. The molecule has 2 heterocycles. The van der Waals surface area contributed by atoms with Crippen molar-refractivity contribution in [2.24, 2.45) is 5.92 Å². The Morgan fingerprint density at radius 2 is 2.24 bits per heavy atom. The van der Waals surface area contributed by atoms with Crippen LogP contribution in [0.1, 0.15) is 45.1 Å². The lowest BCUT2D eigenvalue weighted by Crippen LogP contribution is -2.34. The van der Waals surface area contributed by atoms with Crippen LogP contribution in [0.25, 0.3) is 0 Å². The van der Waals surface area contributed by atoms with Crippen LogP contribution in [0.3, 0.4) is 0 Å². The number of amides is 1. The molecule has 1 aliphatic carbocycles. The van der Waals surface area contributed by atoms with E-state index < -0.39 is 6.10 Å². The average Bonchev–Trinajstić information content (AvgIpc) is 3.01. The lowest BCUT2D eigenvalue weighted by Gasteiger charge is -2.13.